The van der Waals surface area contributed by atoms with Crippen LogP contribution in [-0.2, 0) is 4.79 Å². The van der Waals surface area contributed by atoms with E-state index in [0.29, 0.717) is 5.75 Å². The van der Waals surface area contributed by atoms with Crippen molar-refractivity contribution in [2.24, 2.45) is 0 Å². The maximum absolute atomic E-state index is 11.6. The van der Waals surface area contributed by atoms with E-state index >= 15 is 0 Å². The summed E-state index contributed by atoms with van der Waals surface area (Å²) in [5.41, 5.74) is 0. The molecule has 1 heterocycles. The van der Waals surface area contributed by atoms with Gasteiger partial charge in [0.2, 0.25) is 5.91 Å². The van der Waals surface area contributed by atoms with E-state index < -0.39 is 0 Å². The quantitative estimate of drug-likeness (QED) is 0.802. The van der Waals surface area contributed by atoms with Gasteiger partial charge in [-0.15, -0.1) is 23.1 Å². The number of likely N-dealkylation sites (N-methyl/N-ethyl adjacent to an activating group) is 1. The highest BCUT2D eigenvalue weighted by Crippen LogP contribution is 2.23. The van der Waals surface area contributed by atoms with Gasteiger partial charge in [0.15, 0.2) is 0 Å². The molecule has 1 aromatic heterocycles. The first kappa shape index (κ1) is 12.5. The summed E-state index contributed by atoms with van der Waals surface area (Å²) in [7, 11) is 1.72. The number of carbonyl (C=O) groups is 1. The molecule has 0 aliphatic rings. The van der Waals surface area contributed by atoms with Gasteiger partial charge in [0.25, 0.3) is 0 Å². The van der Waals surface area contributed by atoms with Crippen LogP contribution in [0.2, 0.25) is 0 Å². The Labute approximate surface area is 98.1 Å². The summed E-state index contributed by atoms with van der Waals surface area (Å²) >= 11 is 3.17. The SMILES string of the molecule is CC(CO)N(C)C(=O)CSc1cccs1. The van der Waals surface area contributed by atoms with Crippen molar-refractivity contribution >= 4 is 29.0 Å². The van der Waals surface area contributed by atoms with Crippen LogP contribution in [0.1, 0.15) is 6.92 Å². The predicted molar refractivity (Wildman–Crippen MR) is 64.4 cm³/mol. The number of hydrogen-bond donors (Lipinski definition) is 1. The van der Waals surface area contributed by atoms with Crippen molar-refractivity contribution in [3.05, 3.63) is 17.5 Å². The van der Waals surface area contributed by atoms with Gasteiger partial charge in [0.05, 0.1) is 22.6 Å². The Bertz CT molecular complexity index is 300. The largest absolute Gasteiger partial charge is 0.394 e. The van der Waals surface area contributed by atoms with Crippen LogP contribution >= 0.6 is 23.1 Å². The number of amides is 1. The van der Waals surface area contributed by atoms with Crippen molar-refractivity contribution in [3.8, 4) is 0 Å². The molecule has 1 aromatic rings. The van der Waals surface area contributed by atoms with Gasteiger partial charge in [-0.1, -0.05) is 6.07 Å². The molecule has 0 aliphatic carbocycles. The fraction of sp³-hybridized carbons (Fsp3) is 0.500. The number of rotatable bonds is 5. The third-order valence-electron chi connectivity index (χ3n) is 2.15. The third kappa shape index (κ3) is 3.85. The average molecular weight is 245 g/mol. The smallest absolute Gasteiger partial charge is 0.233 e. The van der Waals surface area contributed by atoms with Crippen LogP contribution in [0.5, 0.6) is 0 Å². The lowest BCUT2D eigenvalue weighted by atomic mass is 10.3. The topological polar surface area (TPSA) is 40.5 Å². The number of hydrogen-bond acceptors (Lipinski definition) is 4. The van der Waals surface area contributed by atoms with Crippen LogP contribution < -0.4 is 0 Å². The summed E-state index contributed by atoms with van der Waals surface area (Å²) in [6.45, 7) is 1.83. The zero-order valence-electron chi connectivity index (χ0n) is 8.84. The highest BCUT2D eigenvalue weighted by molar-refractivity contribution is 8.01. The van der Waals surface area contributed by atoms with E-state index in [4.69, 9.17) is 5.11 Å². The van der Waals surface area contributed by atoms with Crippen molar-refractivity contribution in [2.45, 2.75) is 17.2 Å². The van der Waals surface area contributed by atoms with Crippen LogP contribution in [0.25, 0.3) is 0 Å². The molecule has 0 fully saturated rings. The number of aliphatic hydroxyl groups is 1. The lowest BCUT2D eigenvalue weighted by Crippen LogP contribution is -2.38. The van der Waals surface area contributed by atoms with Gasteiger partial charge in [0.1, 0.15) is 0 Å². The molecule has 84 valence electrons. The van der Waals surface area contributed by atoms with E-state index in [1.807, 2.05) is 24.4 Å². The van der Waals surface area contributed by atoms with Gasteiger partial charge in [-0.2, -0.15) is 0 Å². The van der Waals surface area contributed by atoms with Crippen LogP contribution in [0, 0.1) is 0 Å². The standard InChI is InChI=1S/C10H15NO2S2/c1-8(6-12)11(2)9(13)7-15-10-4-3-5-14-10/h3-5,8,12H,6-7H2,1-2H3. The Balaban J connectivity index is 2.36. The molecule has 1 amide bonds. The molecule has 1 atom stereocenters. The molecule has 1 unspecified atom stereocenters. The molecule has 0 spiro atoms. The number of aliphatic hydroxyl groups excluding tert-OH is 1. The Morgan fingerprint density at radius 2 is 2.47 bits per heavy atom. The minimum atomic E-state index is -0.110. The molecular weight excluding hydrogens is 230 g/mol. The second-order valence-corrected chi connectivity index (χ2v) is 5.48. The summed E-state index contributed by atoms with van der Waals surface area (Å²) in [5, 5.41) is 10.9. The van der Waals surface area contributed by atoms with Gasteiger partial charge >= 0.3 is 0 Å². The van der Waals surface area contributed by atoms with E-state index in [1.165, 1.54) is 11.8 Å². The third-order valence-corrected chi connectivity index (χ3v) is 4.27. The molecule has 1 N–H and O–H groups in total. The van der Waals surface area contributed by atoms with E-state index in [1.54, 1.807) is 23.3 Å². The summed E-state index contributed by atoms with van der Waals surface area (Å²) in [4.78, 5) is 13.2. The average Bonchev–Trinajstić information content (AvgIpc) is 2.76. The van der Waals surface area contributed by atoms with Crippen molar-refractivity contribution in [2.75, 3.05) is 19.4 Å². The Morgan fingerprint density at radius 3 is 3.00 bits per heavy atom. The minimum Gasteiger partial charge on any atom is -0.394 e. The van der Waals surface area contributed by atoms with Crippen LogP contribution in [0.15, 0.2) is 21.7 Å². The zero-order valence-corrected chi connectivity index (χ0v) is 10.5. The van der Waals surface area contributed by atoms with Gasteiger partial charge in [-0.25, -0.2) is 0 Å². The molecule has 3 nitrogen and oxygen atoms in total. The monoisotopic (exact) mass is 245 g/mol. The molecular formula is C10H15NO2S2. The fourth-order valence-electron chi connectivity index (χ4n) is 0.949. The van der Waals surface area contributed by atoms with Crippen molar-refractivity contribution in [1.29, 1.82) is 0 Å². The van der Waals surface area contributed by atoms with E-state index in [-0.39, 0.29) is 18.6 Å². The first-order chi connectivity index (χ1) is 7.15. The predicted octanol–water partition coefficient (Wildman–Crippen LogP) is 1.68. The molecule has 0 aromatic carbocycles. The maximum atomic E-state index is 11.6. The second kappa shape index (κ2) is 6.15. The summed E-state index contributed by atoms with van der Waals surface area (Å²) in [5.74, 6) is 0.483. The van der Waals surface area contributed by atoms with Gasteiger partial charge < -0.3 is 10.0 Å². The maximum Gasteiger partial charge on any atom is 0.233 e. The summed E-state index contributed by atoms with van der Waals surface area (Å²) in [6.07, 6.45) is 0. The molecule has 0 saturated heterocycles. The highest BCUT2D eigenvalue weighted by atomic mass is 32.2. The first-order valence-corrected chi connectivity index (χ1v) is 6.54. The summed E-state index contributed by atoms with van der Waals surface area (Å²) < 4.78 is 1.15. The molecule has 0 saturated carbocycles. The van der Waals surface area contributed by atoms with Crippen LogP contribution in [0.3, 0.4) is 0 Å². The lowest BCUT2D eigenvalue weighted by molar-refractivity contribution is -0.129. The summed E-state index contributed by atoms with van der Waals surface area (Å²) in [6, 6.07) is 3.86. The number of carbonyl (C=O) groups excluding carboxylic acids is 1. The van der Waals surface area contributed by atoms with Gasteiger partial charge in [-0.3, -0.25) is 4.79 Å². The molecule has 0 aliphatic heterocycles. The van der Waals surface area contributed by atoms with E-state index in [0.717, 1.165) is 4.21 Å². The Hall–Kier alpha value is -0.520. The highest BCUT2D eigenvalue weighted by Gasteiger charge is 2.14. The number of nitrogens with zero attached hydrogens (tertiary/aromatic N) is 1. The Morgan fingerprint density at radius 1 is 1.73 bits per heavy atom. The minimum absolute atomic E-state index is 0.00586. The fourth-order valence-corrected chi connectivity index (χ4v) is 2.66. The van der Waals surface area contributed by atoms with E-state index in [9.17, 15) is 4.79 Å². The molecule has 0 radical (unpaired) electrons. The van der Waals surface area contributed by atoms with Gasteiger partial charge in [-0.05, 0) is 18.4 Å². The first-order valence-electron chi connectivity index (χ1n) is 4.68. The number of thiophene rings is 1. The van der Waals surface area contributed by atoms with Crippen LogP contribution in [0.4, 0.5) is 0 Å². The molecule has 5 heteroatoms. The van der Waals surface area contributed by atoms with Crippen molar-refractivity contribution < 1.29 is 9.90 Å². The number of thioether (sulfide) groups is 1. The zero-order chi connectivity index (χ0) is 11.3. The van der Waals surface area contributed by atoms with E-state index in [2.05, 4.69) is 0 Å². The Kier molecular flexibility index (Phi) is 5.14. The normalized spacial score (nSPS) is 12.5. The second-order valence-electron chi connectivity index (χ2n) is 3.26. The molecule has 0 bridgehead atoms. The van der Waals surface area contributed by atoms with Crippen molar-refractivity contribution in [3.63, 3.8) is 0 Å². The molecule has 15 heavy (non-hydrogen) atoms. The molecule has 1 rings (SSSR count). The van der Waals surface area contributed by atoms with Crippen LogP contribution in [-0.4, -0.2) is 41.4 Å². The van der Waals surface area contributed by atoms with Gasteiger partial charge in [0, 0.05) is 7.05 Å². The lowest BCUT2D eigenvalue weighted by Gasteiger charge is -2.22. The van der Waals surface area contributed by atoms with Crippen molar-refractivity contribution in [1.82, 2.24) is 4.90 Å².